The van der Waals surface area contributed by atoms with Gasteiger partial charge in [0.2, 0.25) is 5.95 Å². The van der Waals surface area contributed by atoms with Crippen molar-refractivity contribution in [3.05, 3.63) is 29.2 Å². The number of nitrogens with zero attached hydrogens (tertiary/aromatic N) is 3. The average Bonchev–Trinajstić information content (AvgIpc) is 2.96. The number of nitrogen functional groups attached to an aromatic ring is 1. The van der Waals surface area contributed by atoms with Crippen molar-refractivity contribution in [1.29, 1.82) is 0 Å². The van der Waals surface area contributed by atoms with E-state index in [2.05, 4.69) is 20.3 Å². The van der Waals surface area contributed by atoms with Crippen LogP contribution in [0.15, 0.2) is 18.5 Å². The predicted molar refractivity (Wildman–Crippen MR) is 91.3 cm³/mol. The van der Waals surface area contributed by atoms with Gasteiger partial charge in [0.05, 0.1) is 5.56 Å². The number of nitrogens with two attached hydrogens (primary N) is 1. The zero-order chi connectivity index (χ0) is 16.4. The van der Waals surface area contributed by atoms with Crippen molar-refractivity contribution in [2.45, 2.75) is 32.2 Å². The second-order valence-electron chi connectivity index (χ2n) is 5.99. The zero-order valence-electron chi connectivity index (χ0n) is 13.0. The number of halogens is 1. The highest BCUT2D eigenvalue weighted by Crippen LogP contribution is 2.36. The summed E-state index contributed by atoms with van der Waals surface area (Å²) in [6.45, 7) is 2.21. The summed E-state index contributed by atoms with van der Waals surface area (Å²) >= 11 is 6.34. The molecule has 2 aromatic rings. The van der Waals surface area contributed by atoms with Crippen molar-refractivity contribution in [1.82, 2.24) is 15.0 Å². The van der Waals surface area contributed by atoms with Gasteiger partial charge in [-0.1, -0.05) is 11.6 Å². The topological polar surface area (TPSA) is 97.0 Å². The largest absolute Gasteiger partial charge is 0.396 e. The number of nitrogens with one attached hydrogen (secondary N) is 1. The van der Waals surface area contributed by atoms with Gasteiger partial charge in [-0.3, -0.25) is 4.98 Å². The normalized spacial score (nSPS) is 20.7. The molecule has 3 rings (SSSR count). The van der Waals surface area contributed by atoms with Crippen LogP contribution in [0.3, 0.4) is 0 Å². The number of aryl methyl sites for hydroxylation is 1. The minimum absolute atomic E-state index is 0.138. The minimum Gasteiger partial charge on any atom is -0.396 e. The lowest BCUT2D eigenvalue weighted by Crippen LogP contribution is -2.19. The molecule has 2 aromatic heterocycles. The summed E-state index contributed by atoms with van der Waals surface area (Å²) < 4.78 is 0. The van der Waals surface area contributed by atoms with Crippen LogP contribution in [0.1, 0.15) is 24.8 Å². The summed E-state index contributed by atoms with van der Waals surface area (Å²) in [5, 5.41) is 13.0. The van der Waals surface area contributed by atoms with Gasteiger partial charge in [-0.15, -0.1) is 0 Å². The first-order chi connectivity index (χ1) is 11.1. The van der Waals surface area contributed by atoms with Crippen molar-refractivity contribution in [3.8, 4) is 11.1 Å². The van der Waals surface area contributed by atoms with E-state index in [0.29, 0.717) is 16.9 Å². The summed E-state index contributed by atoms with van der Waals surface area (Å²) in [6, 6.07) is 2.16. The molecule has 0 radical (unpaired) electrons. The Morgan fingerprint density at radius 3 is 2.91 bits per heavy atom. The van der Waals surface area contributed by atoms with Gasteiger partial charge in [0.15, 0.2) is 0 Å². The summed E-state index contributed by atoms with van der Waals surface area (Å²) in [5.41, 5.74) is 8.42. The molecule has 122 valence electrons. The van der Waals surface area contributed by atoms with E-state index in [0.717, 1.165) is 36.0 Å². The monoisotopic (exact) mass is 333 g/mol. The van der Waals surface area contributed by atoms with Gasteiger partial charge in [0.1, 0.15) is 11.0 Å². The Morgan fingerprint density at radius 1 is 1.39 bits per heavy atom. The lowest BCUT2D eigenvalue weighted by molar-refractivity contribution is 0.229. The number of aliphatic hydroxyl groups excluding tert-OH is 1. The quantitative estimate of drug-likeness (QED) is 0.744. The van der Waals surface area contributed by atoms with Gasteiger partial charge < -0.3 is 16.2 Å². The molecule has 1 fully saturated rings. The van der Waals surface area contributed by atoms with Crippen LogP contribution in [0.2, 0.25) is 5.15 Å². The highest BCUT2D eigenvalue weighted by Gasteiger charge is 2.26. The number of anilines is 2. The van der Waals surface area contributed by atoms with Gasteiger partial charge in [-0.2, -0.15) is 4.98 Å². The van der Waals surface area contributed by atoms with Crippen LogP contribution in [0, 0.1) is 12.8 Å². The highest BCUT2D eigenvalue weighted by atomic mass is 35.5. The molecule has 0 spiro atoms. The Bertz CT molecular complexity index is 709. The molecular weight excluding hydrogens is 314 g/mol. The van der Waals surface area contributed by atoms with Crippen LogP contribution in [0.4, 0.5) is 11.8 Å². The van der Waals surface area contributed by atoms with E-state index in [1.807, 2.05) is 13.0 Å². The molecule has 1 aliphatic rings. The van der Waals surface area contributed by atoms with Crippen molar-refractivity contribution in [2.24, 2.45) is 5.92 Å². The van der Waals surface area contributed by atoms with Gasteiger partial charge in [0.25, 0.3) is 0 Å². The highest BCUT2D eigenvalue weighted by molar-refractivity contribution is 6.32. The van der Waals surface area contributed by atoms with Crippen molar-refractivity contribution in [3.63, 3.8) is 0 Å². The lowest BCUT2D eigenvalue weighted by atomic mass is 10.0. The molecule has 0 saturated heterocycles. The third-order valence-electron chi connectivity index (χ3n) is 4.33. The van der Waals surface area contributed by atoms with E-state index in [4.69, 9.17) is 17.3 Å². The van der Waals surface area contributed by atoms with Gasteiger partial charge >= 0.3 is 0 Å². The predicted octanol–water partition coefficient (Wildman–Crippen LogP) is 2.66. The van der Waals surface area contributed by atoms with Crippen LogP contribution >= 0.6 is 11.6 Å². The summed E-state index contributed by atoms with van der Waals surface area (Å²) in [7, 11) is 0. The van der Waals surface area contributed by atoms with Gasteiger partial charge in [0, 0.05) is 30.6 Å². The second-order valence-corrected chi connectivity index (χ2v) is 6.35. The SMILES string of the molecule is Cc1ccncc1-c1c(Cl)nc(N)nc1N[C@H]1CC[C@@H](CO)C1. The maximum Gasteiger partial charge on any atom is 0.223 e. The molecule has 0 aromatic carbocycles. The molecule has 1 aliphatic carbocycles. The first kappa shape index (κ1) is 16.0. The Balaban J connectivity index is 1.98. The lowest BCUT2D eigenvalue weighted by Gasteiger charge is -2.18. The van der Waals surface area contributed by atoms with E-state index in [9.17, 15) is 5.11 Å². The molecule has 7 heteroatoms. The van der Waals surface area contributed by atoms with E-state index in [-0.39, 0.29) is 18.6 Å². The van der Waals surface area contributed by atoms with Crippen LogP contribution in [-0.4, -0.2) is 32.7 Å². The summed E-state index contributed by atoms with van der Waals surface area (Å²) in [5.74, 6) is 1.10. The van der Waals surface area contributed by atoms with Crippen molar-refractivity contribution < 1.29 is 5.11 Å². The molecule has 6 nitrogen and oxygen atoms in total. The van der Waals surface area contributed by atoms with Crippen LogP contribution in [0.5, 0.6) is 0 Å². The molecule has 0 amide bonds. The summed E-state index contributed by atoms with van der Waals surface area (Å²) in [4.78, 5) is 12.6. The first-order valence-electron chi connectivity index (χ1n) is 7.70. The average molecular weight is 334 g/mol. The van der Waals surface area contributed by atoms with E-state index in [1.165, 1.54) is 0 Å². The minimum atomic E-state index is 0.138. The summed E-state index contributed by atoms with van der Waals surface area (Å²) in [6.07, 6.45) is 6.39. The van der Waals surface area contributed by atoms with Crippen LogP contribution in [0.25, 0.3) is 11.1 Å². The van der Waals surface area contributed by atoms with Gasteiger partial charge in [-0.05, 0) is 43.7 Å². The smallest absolute Gasteiger partial charge is 0.223 e. The van der Waals surface area contributed by atoms with E-state index < -0.39 is 0 Å². The number of rotatable bonds is 4. The van der Waals surface area contributed by atoms with E-state index in [1.54, 1.807) is 12.4 Å². The fourth-order valence-electron chi connectivity index (χ4n) is 3.08. The molecular formula is C16H20ClN5O. The van der Waals surface area contributed by atoms with E-state index >= 15 is 0 Å². The molecule has 2 heterocycles. The van der Waals surface area contributed by atoms with Crippen molar-refractivity contribution in [2.75, 3.05) is 17.7 Å². The molecule has 23 heavy (non-hydrogen) atoms. The Hall–Kier alpha value is -1.92. The molecule has 0 aliphatic heterocycles. The first-order valence-corrected chi connectivity index (χ1v) is 8.07. The fraction of sp³-hybridized carbons (Fsp3) is 0.438. The fourth-order valence-corrected chi connectivity index (χ4v) is 3.36. The maximum absolute atomic E-state index is 9.30. The zero-order valence-corrected chi connectivity index (χ0v) is 13.7. The van der Waals surface area contributed by atoms with Crippen LogP contribution in [-0.2, 0) is 0 Å². The number of aromatic nitrogens is 3. The number of hydrogen-bond acceptors (Lipinski definition) is 6. The Kier molecular flexibility index (Phi) is 4.63. The Morgan fingerprint density at radius 2 is 2.22 bits per heavy atom. The van der Waals surface area contributed by atoms with Crippen molar-refractivity contribution >= 4 is 23.4 Å². The molecule has 0 bridgehead atoms. The third-order valence-corrected chi connectivity index (χ3v) is 4.60. The van der Waals surface area contributed by atoms with Crippen LogP contribution < -0.4 is 11.1 Å². The number of aliphatic hydroxyl groups is 1. The molecule has 1 saturated carbocycles. The van der Waals surface area contributed by atoms with Gasteiger partial charge in [-0.25, -0.2) is 4.98 Å². The molecule has 2 atom stereocenters. The third kappa shape index (κ3) is 3.38. The molecule has 0 unspecified atom stereocenters. The number of hydrogen-bond donors (Lipinski definition) is 3. The standard InChI is InChI=1S/C16H20ClN5O/c1-9-4-5-19-7-12(9)13-14(17)21-16(18)22-15(13)20-11-3-2-10(6-11)8-23/h4-5,7,10-11,23H,2-3,6,8H2,1H3,(H3,18,20,21,22)/t10-,11+/m1/s1. The molecule has 4 N–H and O–H groups in total. The maximum atomic E-state index is 9.30. The number of pyridine rings is 1. The Labute approximate surface area is 140 Å². The second kappa shape index (κ2) is 6.68.